The van der Waals surface area contributed by atoms with Crippen LogP contribution in [0.15, 0.2) is 34.9 Å². The van der Waals surface area contributed by atoms with Crippen LogP contribution in [0.5, 0.6) is 0 Å². The number of carboxylic acids is 1. The molecular formula is C11H10O4. The highest BCUT2D eigenvalue weighted by molar-refractivity contribution is 5.82. The van der Waals surface area contributed by atoms with Gasteiger partial charge in [-0.05, 0) is 6.07 Å². The van der Waals surface area contributed by atoms with E-state index in [1.807, 2.05) is 12.1 Å². The van der Waals surface area contributed by atoms with Crippen LogP contribution in [0.4, 0.5) is 0 Å². The molecule has 0 radical (unpaired) electrons. The number of aliphatic hydroxyl groups excluding tert-OH is 1. The molecule has 4 nitrogen and oxygen atoms in total. The average Bonchev–Trinajstić information content (AvgIpc) is 2.59. The first-order chi connectivity index (χ1) is 7.18. The number of fused-ring (bicyclic) bond motifs is 1. The number of hydrogen-bond acceptors (Lipinski definition) is 3. The summed E-state index contributed by atoms with van der Waals surface area (Å²) in [5.41, 5.74) is 1.17. The Morgan fingerprint density at radius 1 is 1.40 bits per heavy atom. The lowest BCUT2D eigenvalue weighted by molar-refractivity contribution is -0.139. The van der Waals surface area contributed by atoms with Crippen molar-refractivity contribution in [3.63, 3.8) is 0 Å². The maximum Gasteiger partial charge on any atom is 0.306 e. The van der Waals surface area contributed by atoms with Crippen LogP contribution in [0.2, 0.25) is 0 Å². The van der Waals surface area contributed by atoms with E-state index in [1.165, 1.54) is 6.26 Å². The van der Waals surface area contributed by atoms with Gasteiger partial charge in [0.15, 0.2) is 0 Å². The van der Waals surface area contributed by atoms with Gasteiger partial charge in [0, 0.05) is 10.9 Å². The third-order valence-electron chi connectivity index (χ3n) is 2.24. The summed E-state index contributed by atoms with van der Waals surface area (Å²) in [4.78, 5) is 10.5. The van der Waals surface area contributed by atoms with Gasteiger partial charge < -0.3 is 14.6 Å². The standard InChI is InChI=1S/C11H10O4/c12-9(5-11(13)14)8-6-15-10-4-2-1-3-7(8)10/h1-4,6,9,12H,5H2,(H,13,14). The summed E-state index contributed by atoms with van der Waals surface area (Å²) < 4.78 is 5.20. The Labute approximate surface area is 85.8 Å². The van der Waals surface area contributed by atoms with E-state index in [9.17, 15) is 9.90 Å². The third-order valence-corrected chi connectivity index (χ3v) is 2.24. The molecule has 1 atom stereocenters. The van der Waals surface area contributed by atoms with Crippen molar-refractivity contribution in [1.82, 2.24) is 0 Å². The Morgan fingerprint density at radius 3 is 2.87 bits per heavy atom. The van der Waals surface area contributed by atoms with Crippen LogP contribution in [-0.4, -0.2) is 16.2 Å². The zero-order valence-corrected chi connectivity index (χ0v) is 7.88. The van der Waals surface area contributed by atoms with Crippen LogP contribution < -0.4 is 0 Å². The number of aliphatic hydroxyl groups is 1. The van der Waals surface area contributed by atoms with E-state index >= 15 is 0 Å². The summed E-state index contributed by atoms with van der Waals surface area (Å²) >= 11 is 0. The molecule has 0 aliphatic rings. The van der Waals surface area contributed by atoms with E-state index < -0.39 is 12.1 Å². The molecule has 0 aliphatic heterocycles. The molecule has 0 spiro atoms. The highest BCUT2D eigenvalue weighted by Gasteiger charge is 2.16. The van der Waals surface area contributed by atoms with Gasteiger partial charge in [-0.15, -0.1) is 0 Å². The smallest absolute Gasteiger partial charge is 0.306 e. The first kappa shape index (κ1) is 9.73. The molecule has 78 valence electrons. The molecule has 1 aromatic carbocycles. The van der Waals surface area contributed by atoms with Crippen molar-refractivity contribution >= 4 is 16.9 Å². The maximum atomic E-state index is 10.5. The maximum absolute atomic E-state index is 10.5. The molecule has 2 rings (SSSR count). The number of para-hydroxylation sites is 1. The average molecular weight is 206 g/mol. The Balaban J connectivity index is 2.39. The Hall–Kier alpha value is -1.81. The Morgan fingerprint density at radius 2 is 2.13 bits per heavy atom. The highest BCUT2D eigenvalue weighted by atomic mass is 16.4. The molecule has 1 heterocycles. The lowest BCUT2D eigenvalue weighted by Crippen LogP contribution is -2.04. The molecule has 0 saturated carbocycles. The second kappa shape index (κ2) is 3.74. The van der Waals surface area contributed by atoms with Crippen molar-refractivity contribution in [2.45, 2.75) is 12.5 Å². The van der Waals surface area contributed by atoms with Gasteiger partial charge in [-0.25, -0.2) is 0 Å². The van der Waals surface area contributed by atoms with E-state index in [0.29, 0.717) is 11.1 Å². The molecule has 0 bridgehead atoms. The van der Waals surface area contributed by atoms with Gasteiger partial charge in [0.25, 0.3) is 0 Å². The summed E-state index contributed by atoms with van der Waals surface area (Å²) in [5, 5.41) is 19.0. The van der Waals surface area contributed by atoms with Crippen molar-refractivity contribution in [1.29, 1.82) is 0 Å². The zero-order valence-electron chi connectivity index (χ0n) is 7.88. The minimum Gasteiger partial charge on any atom is -0.481 e. The van der Waals surface area contributed by atoms with Crippen LogP contribution in [0.25, 0.3) is 11.0 Å². The SMILES string of the molecule is O=C(O)CC(O)c1coc2ccccc12. The molecule has 0 aliphatic carbocycles. The zero-order chi connectivity index (χ0) is 10.8. The first-order valence-corrected chi connectivity index (χ1v) is 4.54. The van der Waals surface area contributed by atoms with Gasteiger partial charge in [0.1, 0.15) is 5.58 Å². The molecule has 4 heteroatoms. The van der Waals surface area contributed by atoms with Gasteiger partial charge in [-0.2, -0.15) is 0 Å². The van der Waals surface area contributed by atoms with E-state index in [1.54, 1.807) is 12.1 Å². The predicted octanol–water partition coefficient (Wildman–Crippen LogP) is 1.94. The normalized spacial score (nSPS) is 12.9. The van der Waals surface area contributed by atoms with Gasteiger partial charge in [-0.3, -0.25) is 4.79 Å². The summed E-state index contributed by atoms with van der Waals surface area (Å²) in [6.45, 7) is 0. The molecule has 0 fully saturated rings. The predicted molar refractivity (Wildman–Crippen MR) is 53.4 cm³/mol. The number of furan rings is 1. The molecule has 0 saturated heterocycles. The number of hydrogen-bond donors (Lipinski definition) is 2. The lowest BCUT2D eigenvalue weighted by Gasteiger charge is -2.04. The Bertz CT molecular complexity index is 486. The number of benzene rings is 1. The lowest BCUT2D eigenvalue weighted by atomic mass is 10.1. The second-order valence-electron chi connectivity index (χ2n) is 3.30. The van der Waals surface area contributed by atoms with Crippen LogP contribution in [0.3, 0.4) is 0 Å². The number of aliphatic carboxylic acids is 1. The topological polar surface area (TPSA) is 70.7 Å². The van der Waals surface area contributed by atoms with E-state index in [2.05, 4.69) is 0 Å². The minimum atomic E-state index is -1.03. The van der Waals surface area contributed by atoms with Crippen molar-refractivity contribution in [3.05, 3.63) is 36.1 Å². The highest BCUT2D eigenvalue weighted by Crippen LogP contribution is 2.27. The minimum absolute atomic E-state index is 0.316. The number of carbonyl (C=O) groups is 1. The van der Waals surface area contributed by atoms with Crippen LogP contribution >= 0.6 is 0 Å². The van der Waals surface area contributed by atoms with E-state index in [0.717, 1.165) is 5.39 Å². The monoisotopic (exact) mass is 206 g/mol. The van der Waals surface area contributed by atoms with Crippen molar-refractivity contribution in [2.24, 2.45) is 0 Å². The summed E-state index contributed by atoms with van der Waals surface area (Å²) in [5.74, 6) is -1.03. The summed E-state index contributed by atoms with van der Waals surface area (Å²) in [6.07, 6.45) is 0.0630. The summed E-state index contributed by atoms with van der Waals surface area (Å²) in [6, 6.07) is 7.19. The molecule has 15 heavy (non-hydrogen) atoms. The van der Waals surface area contributed by atoms with E-state index in [4.69, 9.17) is 9.52 Å². The first-order valence-electron chi connectivity index (χ1n) is 4.54. The molecule has 0 amide bonds. The number of rotatable bonds is 3. The van der Waals surface area contributed by atoms with Crippen LogP contribution in [0.1, 0.15) is 18.1 Å². The molecule has 1 aromatic heterocycles. The summed E-state index contributed by atoms with van der Waals surface area (Å²) in [7, 11) is 0. The van der Waals surface area contributed by atoms with Crippen LogP contribution in [-0.2, 0) is 4.79 Å². The largest absolute Gasteiger partial charge is 0.481 e. The third kappa shape index (κ3) is 1.85. The van der Waals surface area contributed by atoms with Gasteiger partial charge in [-0.1, -0.05) is 18.2 Å². The van der Waals surface area contributed by atoms with Crippen molar-refractivity contribution < 1.29 is 19.4 Å². The fourth-order valence-electron chi connectivity index (χ4n) is 1.53. The van der Waals surface area contributed by atoms with Gasteiger partial charge in [0.2, 0.25) is 0 Å². The van der Waals surface area contributed by atoms with Crippen molar-refractivity contribution in [2.75, 3.05) is 0 Å². The molecule has 1 unspecified atom stereocenters. The Kier molecular flexibility index (Phi) is 2.43. The fourth-order valence-corrected chi connectivity index (χ4v) is 1.53. The van der Waals surface area contributed by atoms with E-state index in [-0.39, 0.29) is 6.42 Å². The molecule has 2 N–H and O–H groups in total. The quantitative estimate of drug-likeness (QED) is 0.805. The molecular weight excluding hydrogens is 196 g/mol. The van der Waals surface area contributed by atoms with Gasteiger partial charge in [0.05, 0.1) is 18.8 Å². The van der Waals surface area contributed by atoms with Crippen LogP contribution in [0, 0.1) is 0 Å². The van der Waals surface area contributed by atoms with Gasteiger partial charge >= 0.3 is 5.97 Å². The fraction of sp³-hybridized carbons (Fsp3) is 0.182. The number of carboxylic acid groups (broad SMARTS) is 1. The second-order valence-corrected chi connectivity index (χ2v) is 3.30. The molecule has 2 aromatic rings. The van der Waals surface area contributed by atoms with Crippen molar-refractivity contribution in [3.8, 4) is 0 Å².